The molecule has 1 aromatic rings. The van der Waals surface area contributed by atoms with Crippen LogP contribution in [0.25, 0.3) is 10.6 Å². The molecule has 0 unspecified atom stereocenters. The van der Waals surface area contributed by atoms with Gasteiger partial charge in [-0.15, -0.1) is 0 Å². The molecule has 0 fully saturated rings. The first kappa shape index (κ1) is 19.4. The molecule has 0 aliphatic heterocycles. The van der Waals surface area contributed by atoms with E-state index < -0.39 is 58.8 Å². The second-order valence-corrected chi connectivity index (χ2v) is 4.23. The molecule has 0 saturated carbocycles. The molecule has 0 saturated heterocycles. The van der Waals surface area contributed by atoms with Crippen molar-refractivity contribution in [2.75, 3.05) is 0 Å². The lowest BCUT2D eigenvalue weighted by atomic mass is 9.96. The van der Waals surface area contributed by atoms with Crippen LogP contribution in [-0.2, 0) is 17.1 Å². The Labute approximate surface area is 128 Å². The molecular weight excluding hydrogens is 354 g/mol. The van der Waals surface area contributed by atoms with Crippen LogP contribution < -0.4 is 5.11 Å². The number of ketones is 1. The van der Waals surface area contributed by atoms with Crippen LogP contribution in [0.1, 0.15) is 16.7 Å². The Bertz CT molecular complexity index is 690. The molecule has 11 heteroatoms. The summed E-state index contributed by atoms with van der Waals surface area (Å²) in [5, 5.41) is 11.6. The Kier molecular flexibility index (Phi) is 5.23. The smallest absolute Gasteiger partial charge is 0.415 e. The van der Waals surface area contributed by atoms with E-state index in [4.69, 9.17) is 6.57 Å². The lowest BCUT2D eigenvalue weighted by molar-refractivity contribution is -0.245. The van der Waals surface area contributed by atoms with Gasteiger partial charge in [0.1, 0.15) is 0 Å². The second kappa shape index (κ2) is 6.46. The number of allylic oxidation sites excluding steroid dienone is 1. The molecule has 0 bridgehead atoms. The van der Waals surface area contributed by atoms with Gasteiger partial charge in [0, 0.05) is 0 Å². The van der Waals surface area contributed by atoms with Crippen molar-refractivity contribution in [1.29, 1.82) is 0 Å². The largest absolute Gasteiger partial charge is 0.872 e. The van der Waals surface area contributed by atoms with Gasteiger partial charge in [-0.1, -0.05) is 5.76 Å². The van der Waals surface area contributed by atoms with E-state index in [0.717, 1.165) is 0 Å². The average Bonchev–Trinajstić information content (AvgIpc) is 2.43. The molecule has 0 atom stereocenters. The zero-order valence-corrected chi connectivity index (χ0v) is 11.1. The summed E-state index contributed by atoms with van der Waals surface area (Å²) in [6.07, 6.45) is -15.3. The van der Waals surface area contributed by atoms with Crippen LogP contribution >= 0.6 is 0 Å². The molecule has 3 nitrogen and oxygen atoms in total. The number of halogens is 8. The Balaban J connectivity index is 3.85. The SMILES string of the molecule is [C-]#[N+]c1cc(C(F)(F)F)c(/C([O-])=C/C(=O)C(F)F)c(C(F)(F)F)c1. The minimum atomic E-state index is -5.49. The molecule has 0 radical (unpaired) electrons. The molecule has 0 N–H and O–H groups in total. The van der Waals surface area contributed by atoms with Gasteiger partial charge in [0.25, 0.3) is 6.43 Å². The van der Waals surface area contributed by atoms with Crippen LogP contribution in [-0.4, -0.2) is 12.2 Å². The molecule has 0 aliphatic carbocycles. The highest BCUT2D eigenvalue weighted by molar-refractivity contribution is 5.97. The van der Waals surface area contributed by atoms with Crippen molar-refractivity contribution in [1.82, 2.24) is 0 Å². The van der Waals surface area contributed by atoms with E-state index in [-0.39, 0.29) is 12.1 Å². The summed E-state index contributed by atoms with van der Waals surface area (Å²) in [5.41, 5.74) is -7.37. The van der Waals surface area contributed by atoms with Gasteiger partial charge in [-0.25, -0.2) is 13.6 Å². The summed E-state index contributed by atoms with van der Waals surface area (Å²) < 4.78 is 102. The number of hydrogen-bond donors (Lipinski definition) is 0. The maximum absolute atomic E-state index is 12.9. The fourth-order valence-corrected chi connectivity index (χ4v) is 1.67. The number of carbonyl (C=O) groups excluding carboxylic acids is 1. The lowest BCUT2D eigenvalue weighted by Gasteiger charge is -2.24. The predicted octanol–water partition coefficient (Wildman–Crippen LogP) is 3.81. The lowest BCUT2D eigenvalue weighted by Crippen LogP contribution is -2.21. The Morgan fingerprint density at radius 3 is 1.79 bits per heavy atom. The second-order valence-electron chi connectivity index (χ2n) is 4.23. The summed E-state index contributed by atoms with van der Waals surface area (Å²) >= 11 is 0. The molecule has 0 heterocycles. The standard InChI is InChI=1S/C13H5F8NO2/c1-22-5-2-6(12(16,17)18)10(7(3-5)13(19,20)21)8(23)4-9(24)11(14)15/h2-4,11,23H/p-1/b8-4-. The highest BCUT2D eigenvalue weighted by atomic mass is 19.4. The van der Waals surface area contributed by atoms with Crippen molar-refractivity contribution < 1.29 is 45.0 Å². The molecule has 24 heavy (non-hydrogen) atoms. The first-order valence-corrected chi connectivity index (χ1v) is 5.70. The van der Waals surface area contributed by atoms with Crippen LogP contribution in [0.2, 0.25) is 0 Å². The van der Waals surface area contributed by atoms with Gasteiger partial charge in [0.2, 0.25) is 5.78 Å². The van der Waals surface area contributed by atoms with E-state index in [2.05, 4.69) is 4.85 Å². The van der Waals surface area contributed by atoms with Gasteiger partial charge in [0.05, 0.1) is 17.7 Å². The van der Waals surface area contributed by atoms with E-state index in [1.54, 1.807) is 0 Å². The van der Waals surface area contributed by atoms with Gasteiger partial charge in [0.15, 0.2) is 5.69 Å². The summed E-state index contributed by atoms with van der Waals surface area (Å²) in [7, 11) is 0. The zero-order chi connectivity index (χ0) is 18.9. The van der Waals surface area contributed by atoms with E-state index in [0.29, 0.717) is 0 Å². The third kappa shape index (κ3) is 4.21. The number of benzene rings is 1. The van der Waals surface area contributed by atoms with Crippen molar-refractivity contribution in [2.24, 2.45) is 0 Å². The summed E-state index contributed by atoms with van der Waals surface area (Å²) in [6, 6.07) is -0.0632. The average molecular weight is 358 g/mol. The maximum Gasteiger partial charge on any atom is 0.415 e. The van der Waals surface area contributed by atoms with E-state index in [9.17, 15) is 45.0 Å². The van der Waals surface area contributed by atoms with Crippen molar-refractivity contribution >= 4 is 17.2 Å². The summed E-state index contributed by atoms with van der Waals surface area (Å²) in [5.74, 6) is -4.42. The van der Waals surface area contributed by atoms with Gasteiger partial charge >= 0.3 is 12.4 Å². The molecule has 0 amide bonds. The monoisotopic (exact) mass is 358 g/mol. The van der Waals surface area contributed by atoms with Crippen molar-refractivity contribution in [2.45, 2.75) is 18.8 Å². The van der Waals surface area contributed by atoms with Crippen LogP contribution in [0.5, 0.6) is 0 Å². The number of alkyl halides is 8. The summed E-state index contributed by atoms with van der Waals surface area (Å²) in [6.45, 7) is 6.54. The fraction of sp³-hybridized carbons (Fsp3) is 0.231. The minimum Gasteiger partial charge on any atom is -0.872 e. The quantitative estimate of drug-likeness (QED) is 0.357. The van der Waals surface area contributed by atoms with Crippen molar-refractivity contribution in [3.63, 3.8) is 0 Å². The Morgan fingerprint density at radius 2 is 1.50 bits per heavy atom. The van der Waals surface area contributed by atoms with Crippen molar-refractivity contribution in [3.05, 3.63) is 46.3 Å². The molecular formula is C13H4F8NO2-. The topological polar surface area (TPSA) is 44.5 Å². The predicted molar refractivity (Wildman–Crippen MR) is 61.7 cm³/mol. The van der Waals surface area contributed by atoms with Crippen molar-refractivity contribution in [3.8, 4) is 0 Å². The van der Waals surface area contributed by atoms with Crippen LogP contribution in [0.4, 0.5) is 40.8 Å². The number of carbonyl (C=O) groups is 1. The van der Waals surface area contributed by atoms with Gasteiger partial charge in [-0.2, -0.15) is 26.3 Å². The van der Waals surface area contributed by atoms with Gasteiger partial charge in [-0.3, -0.25) is 4.79 Å². The first-order chi connectivity index (χ1) is 10.8. The number of rotatable bonds is 3. The van der Waals surface area contributed by atoms with Gasteiger partial charge in [-0.05, 0) is 23.8 Å². The fourth-order valence-electron chi connectivity index (χ4n) is 1.67. The molecule has 0 aromatic heterocycles. The van der Waals surface area contributed by atoms with E-state index in [1.807, 2.05) is 0 Å². The van der Waals surface area contributed by atoms with E-state index in [1.165, 1.54) is 0 Å². The summed E-state index contributed by atoms with van der Waals surface area (Å²) in [4.78, 5) is 13.2. The Hall–Kier alpha value is -2.64. The molecule has 1 rings (SSSR count). The number of nitrogens with zero attached hydrogens (tertiary/aromatic N) is 1. The normalized spacial score (nSPS) is 13.1. The van der Waals surface area contributed by atoms with Gasteiger partial charge < -0.3 is 5.11 Å². The third-order valence-electron chi connectivity index (χ3n) is 2.60. The Morgan fingerprint density at radius 1 is 1.08 bits per heavy atom. The zero-order valence-electron chi connectivity index (χ0n) is 11.1. The van der Waals surface area contributed by atoms with Crippen LogP contribution in [0.15, 0.2) is 18.2 Å². The minimum absolute atomic E-state index is 0.0316. The highest BCUT2D eigenvalue weighted by Gasteiger charge is 2.41. The molecule has 0 spiro atoms. The first-order valence-electron chi connectivity index (χ1n) is 5.70. The maximum atomic E-state index is 12.9. The van der Waals surface area contributed by atoms with Crippen LogP contribution in [0, 0.1) is 6.57 Å². The highest BCUT2D eigenvalue weighted by Crippen LogP contribution is 2.43. The third-order valence-corrected chi connectivity index (χ3v) is 2.60. The van der Waals surface area contributed by atoms with Crippen LogP contribution in [0.3, 0.4) is 0 Å². The molecule has 130 valence electrons. The number of hydrogen-bond acceptors (Lipinski definition) is 2. The van der Waals surface area contributed by atoms with E-state index >= 15 is 0 Å². The molecule has 1 aromatic carbocycles. The molecule has 0 aliphatic rings.